The highest BCUT2D eigenvalue weighted by molar-refractivity contribution is 8.05. The van der Waals surface area contributed by atoms with Gasteiger partial charge in [-0.25, -0.2) is 0 Å². The van der Waals surface area contributed by atoms with Gasteiger partial charge < -0.3 is 10.1 Å². The molecule has 6 nitrogen and oxygen atoms in total. The van der Waals surface area contributed by atoms with Gasteiger partial charge >= 0.3 is 6.18 Å². The Morgan fingerprint density at radius 2 is 1.94 bits per heavy atom. The second-order valence-corrected chi connectivity index (χ2v) is 7.94. The number of carbonyl (C=O) groups is 2. The molecular weight excluding hydrogens is 443 g/mol. The van der Waals surface area contributed by atoms with Crippen LogP contribution in [-0.2, 0) is 22.2 Å². The number of nitrogens with zero attached hydrogens (tertiary/aromatic N) is 2. The van der Waals surface area contributed by atoms with Crippen molar-refractivity contribution in [3.8, 4) is 11.8 Å². The number of nitrogens with one attached hydrogen (secondary N) is 1. The van der Waals surface area contributed by atoms with E-state index in [1.807, 2.05) is 0 Å². The molecular formula is C22H18F3N3O3S. The van der Waals surface area contributed by atoms with Crippen molar-refractivity contribution in [3.63, 3.8) is 0 Å². The van der Waals surface area contributed by atoms with Gasteiger partial charge in [-0.05, 0) is 42.3 Å². The average molecular weight is 461 g/mol. The molecule has 0 aromatic heterocycles. The number of thioether (sulfide) groups is 1. The fraction of sp³-hybridized carbons (Fsp3) is 0.227. The van der Waals surface area contributed by atoms with E-state index in [9.17, 15) is 28.0 Å². The summed E-state index contributed by atoms with van der Waals surface area (Å²) in [6.45, 7) is 0. The van der Waals surface area contributed by atoms with Gasteiger partial charge in [-0.2, -0.15) is 18.4 Å². The Labute approximate surface area is 186 Å². The third kappa shape index (κ3) is 4.73. The summed E-state index contributed by atoms with van der Waals surface area (Å²) in [5.41, 5.74) is -0.564. The highest BCUT2D eigenvalue weighted by atomic mass is 32.2. The Bertz CT molecular complexity index is 1110. The molecule has 1 N–H and O–H groups in total. The number of benzene rings is 2. The number of carbonyl (C=O) groups excluding carboxylic acids is 2. The van der Waals surface area contributed by atoms with Crippen LogP contribution in [0.2, 0.25) is 0 Å². The van der Waals surface area contributed by atoms with E-state index in [1.54, 1.807) is 30.3 Å². The van der Waals surface area contributed by atoms with Crippen molar-refractivity contribution in [3.05, 3.63) is 70.3 Å². The van der Waals surface area contributed by atoms with Gasteiger partial charge in [-0.15, -0.1) is 0 Å². The molecule has 0 unspecified atom stereocenters. The number of ether oxygens (including phenoxy) is 1. The van der Waals surface area contributed by atoms with Crippen LogP contribution in [0.3, 0.4) is 0 Å². The van der Waals surface area contributed by atoms with E-state index >= 15 is 0 Å². The summed E-state index contributed by atoms with van der Waals surface area (Å²) >= 11 is 0.976. The van der Waals surface area contributed by atoms with E-state index in [0.29, 0.717) is 5.75 Å². The van der Waals surface area contributed by atoms with Crippen molar-refractivity contribution in [1.29, 1.82) is 5.26 Å². The number of anilines is 1. The molecule has 1 fully saturated rings. The Morgan fingerprint density at radius 1 is 1.25 bits per heavy atom. The zero-order chi connectivity index (χ0) is 23.5. The van der Waals surface area contributed by atoms with Crippen LogP contribution >= 0.6 is 11.8 Å². The minimum atomic E-state index is -4.61. The van der Waals surface area contributed by atoms with Crippen LogP contribution in [-0.4, -0.2) is 31.2 Å². The lowest BCUT2D eigenvalue weighted by Crippen LogP contribution is -2.31. The van der Waals surface area contributed by atoms with Gasteiger partial charge in [0.1, 0.15) is 22.4 Å². The van der Waals surface area contributed by atoms with Gasteiger partial charge in [0.05, 0.1) is 23.6 Å². The van der Waals surface area contributed by atoms with E-state index in [-0.39, 0.29) is 22.7 Å². The van der Waals surface area contributed by atoms with E-state index in [0.717, 1.165) is 34.4 Å². The summed E-state index contributed by atoms with van der Waals surface area (Å²) in [7, 11) is 2.85. The molecule has 1 atom stereocenters. The summed E-state index contributed by atoms with van der Waals surface area (Å²) < 4.78 is 44.8. The molecule has 0 radical (unpaired) electrons. The smallest absolute Gasteiger partial charge is 0.416 e. The number of likely N-dealkylation sites (N-methyl/N-ethyl adjacent to an activating group) is 1. The standard InChI is InChI=1S/C22H18F3N3O3S/c1-27-19(29)17(12-26)21-28(15-5-3-4-14(11-15)22(23,24)25)20(30)18(32-21)10-13-6-8-16(31-2)9-7-13/h3-9,11,18H,10H2,1-2H3,(H,27,29)/b21-17+/t18-/m1/s1. The van der Waals surface area contributed by atoms with Crippen LogP contribution in [0.25, 0.3) is 0 Å². The van der Waals surface area contributed by atoms with Crippen molar-refractivity contribution >= 4 is 29.3 Å². The molecule has 0 saturated carbocycles. The third-order valence-electron chi connectivity index (χ3n) is 4.74. The van der Waals surface area contributed by atoms with Gasteiger partial charge in [-0.3, -0.25) is 14.5 Å². The predicted molar refractivity (Wildman–Crippen MR) is 114 cm³/mol. The van der Waals surface area contributed by atoms with E-state index in [2.05, 4.69) is 5.32 Å². The number of methoxy groups -OCH3 is 1. The van der Waals surface area contributed by atoms with Crippen molar-refractivity contribution in [2.45, 2.75) is 17.8 Å². The quantitative estimate of drug-likeness (QED) is 0.540. The van der Waals surface area contributed by atoms with Crippen LogP contribution in [0.1, 0.15) is 11.1 Å². The Balaban J connectivity index is 2.05. The summed E-state index contributed by atoms with van der Waals surface area (Å²) in [4.78, 5) is 26.5. The predicted octanol–water partition coefficient (Wildman–Crippen LogP) is 3.89. The third-order valence-corrected chi connectivity index (χ3v) is 6.01. The van der Waals surface area contributed by atoms with Gasteiger partial charge in [0, 0.05) is 7.05 Å². The normalized spacial score (nSPS) is 17.7. The second-order valence-electron chi connectivity index (χ2n) is 6.75. The number of hydrogen-bond acceptors (Lipinski definition) is 5. The fourth-order valence-corrected chi connectivity index (χ4v) is 4.45. The lowest BCUT2D eigenvalue weighted by Gasteiger charge is -2.20. The highest BCUT2D eigenvalue weighted by Gasteiger charge is 2.41. The number of hydrogen-bond donors (Lipinski definition) is 1. The average Bonchev–Trinajstić information content (AvgIpc) is 3.09. The number of rotatable bonds is 5. The molecule has 166 valence electrons. The molecule has 1 aliphatic rings. The molecule has 3 rings (SSSR count). The Morgan fingerprint density at radius 3 is 2.50 bits per heavy atom. The number of amides is 2. The number of nitriles is 1. The topological polar surface area (TPSA) is 82.4 Å². The zero-order valence-electron chi connectivity index (χ0n) is 17.1. The first-order valence-electron chi connectivity index (χ1n) is 9.37. The van der Waals surface area contributed by atoms with Crippen molar-refractivity contribution in [2.24, 2.45) is 0 Å². The molecule has 1 heterocycles. The zero-order valence-corrected chi connectivity index (χ0v) is 17.9. The van der Waals surface area contributed by atoms with Gasteiger partial charge in [0.25, 0.3) is 5.91 Å². The van der Waals surface area contributed by atoms with Crippen LogP contribution in [0.15, 0.2) is 59.1 Å². The second kappa shape index (κ2) is 9.36. The van der Waals surface area contributed by atoms with Crippen LogP contribution in [0, 0.1) is 11.3 Å². The van der Waals surface area contributed by atoms with Crippen molar-refractivity contribution in [1.82, 2.24) is 5.32 Å². The summed E-state index contributed by atoms with van der Waals surface area (Å²) in [5.74, 6) is -0.613. The molecule has 32 heavy (non-hydrogen) atoms. The molecule has 2 amide bonds. The van der Waals surface area contributed by atoms with E-state index in [4.69, 9.17) is 4.74 Å². The van der Waals surface area contributed by atoms with Crippen LogP contribution < -0.4 is 15.0 Å². The molecule has 0 bridgehead atoms. The largest absolute Gasteiger partial charge is 0.497 e. The fourth-order valence-electron chi connectivity index (χ4n) is 3.14. The maximum Gasteiger partial charge on any atom is 0.416 e. The van der Waals surface area contributed by atoms with Crippen LogP contribution in [0.5, 0.6) is 5.75 Å². The van der Waals surface area contributed by atoms with Crippen molar-refractivity contribution < 1.29 is 27.5 Å². The van der Waals surface area contributed by atoms with Gasteiger partial charge in [-0.1, -0.05) is 30.0 Å². The Hall–Kier alpha value is -3.45. The first kappa shape index (κ1) is 23.2. The SMILES string of the molecule is CNC(=O)/C(C#N)=C1/S[C@H](Cc2ccc(OC)cc2)C(=O)N1c1cccc(C(F)(F)F)c1. The van der Waals surface area contributed by atoms with E-state index in [1.165, 1.54) is 26.3 Å². The first-order valence-corrected chi connectivity index (χ1v) is 10.2. The molecule has 10 heteroatoms. The molecule has 1 aliphatic heterocycles. The number of halogens is 3. The van der Waals surface area contributed by atoms with Gasteiger partial charge in [0.15, 0.2) is 0 Å². The maximum absolute atomic E-state index is 13.3. The molecule has 2 aromatic carbocycles. The molecule has 2 aromatic rings. The number of alkyl halides is 3. The highest BCUT2D eigenvalue weighted by Crippen LogP contribution is 2.43. The summed E-state index contributed by atoms with van der Waals surface area (Å²) in [5, 5.41) is 11.1. The Kier molecular flexibility index (Phi) is 6.79. The lowest BCUT2D eigenvalue weighted by atomic mass is 10.1. The van der Waals surface area contributed by atoms with Crippen LogP contribution in [0.4, 0.5) is 18.9 Å². The lowest BCUT2D eigenvalue weighted by molar-refractivity contribution is -0.137. The molecule has 1 saturated heterocycles. The molecule has 0 aliphatic carbocycles. The molecule has 0 spiro atoms. The van der Waals surface area contributed by atoms with E-state index < -0.39 is 28.8 Å². The first-order chi connectivity index (χ1) is 15.2. The maximum atomic E-state index is 13.3. The minimum Gasteiger partial charge on any atom is -0.497 e. The summed E-state index contributed by atoms with van der Waals surface area (Å²) in [6, 6.07) is 13.0. The monoisotopic (exact) mass is 461 g/mol. The van der Waals surface area contributed by atoms with Gasteiger partial charge in [0.2, 0.25) is 5.91 Å². The summed E-state index contributed by atoms with van der Waals surface area (Å²) in [6.07, 6.45) is -4.37. The minimum absolute atomic E-state index is 0.00492. The van der Waals surface area contributed by atoms with Crippen molar-refractivity contribution in [2.75, 3.05) is 19.1 Å².